The molecule has 0 heterocycles. The summed E-state index contributed by atoms with van der Waals surface area (Å²) < 4.78 is 0. The van der Waals surface area contributed by atoms with E-state index in [-0.39, 0.29) is 18.3 Å². The molecular weight excluding hydrogens is 272 g/mol. The molecule has 0 bridgehead atoms. The van der Waals surface area contributed by atoms with Gasteiger partial charge in [-0.2, -0.15) is 0 Å². The molecule has 0 aromatic heterocycles. The van der Waals surface area contributed by atoms with Crippen molar-refractivity contribution in [3.8, 4) is 0 Å². The smallest absolute Gasteiger partial charge is 0.251 e. The number of halogens is 1. The molecule has 0 radical (unpaired) electrons. The van der Waals surface area contributed by atoms with Crippen molar-refractivity contribution in [3.63, 3.8) is 0 Å². The largest absolute Gasteiger partial charge is 0.349 e. The molecule has 1 aliphatic rings. The summed E-state index contributed by atoms with van der Waals surface area (Å²) in [6, 6.07) is 7.90. The fraction of sp³-hybridized carbons (Fsp3) is 0.562. The summed E-state index contributed by atoms with van der Waals surface area (Å²) >= 11 is 0. The van der Waals surface area contributed by atoms with Crippen LogP contribution in [0.4, 0.5) is 0 Å². The fourth-order valence-electron chi connectivity index (χ4n) is 2.69. The number of amides is 1. The van der Waals surface area contributed by atoms with Gasteiger partial charge < -0.3 is 11.1 Å². The summed E-state index contributed by atoms with van der Waals surface area (Å²) in [6.07, 6.45) is 5.94. The van der Waals surface area contributed by atoms with Gasteiger partial charge in [0, 0.05) is 18.2 Å². The molecular formula is C16H25ClN2O. The van der Waals surface area contributed by atoms with E-state index in [0.717, 1.165) is 29.9 Å². The van der Waals surface area contributed by atoms with Gasteiger partial charge in [0.05, 0.1) is 0 Å². The average molecular weight is 297 g/mol. The number of nitrogens with one attached hydrogen (secondary N) is 1. The molecule has 0 spiro atoms. The van der Waals surface area contributed by atoms with Crippen molar-refractivity contribution in [2.75, 3.05) is 0 Å². The van der Waals surface area contributed by atoms with Crippen LogP contribution in [-0.2, 0) is 6.54 Å². The molecule has 3 nitrogen and oxygen atoms in total. The molecule has 2 rings (SSSR count). The van der Waals surface area contributed by atoms with E-state index in [1.165, 1.54) is 19.3 Å². The number of hydrogen-bond acceptors (Lipinski definition) is 2. The first-order valence-corrected chi connectivity index (χ1v) is 7.29. The van der Waals surface area contributed by atoms with Gasteiger partial charge in [0.15, 0.2) is 0 Å². The topological polar surface area (TPSA) is 55.1 Å². The van der Waals surface area contributed by atoms with Crippen LogP contribution in [0.3, 0.4) is 0 Å². The first kappa shape index (κ1) is 17.0. The van der Waals surface area contributed by atoms with Crippen LogP contribution in [0.5, 0.6) is 0 Å². The van der Waals surface area contributed by atoms with E-state index in [9.17, 15) is 4.79 Å². The van der Waals surface area contributed by atoms with Crippen LogP contribution in [0, 0.1) is 5.92 Å². The van der Waals surface area contributed by atoms with Crippen molar-refractivity contribution in [1.29, 1.82) is 0 Å². The van der Waals surface area contributed by atoms with Gasteiger partial charge in [0.25, 0.3) is 5.91 Å². The van der Waals surface area contributed by atoms with Crippen LogP contribution in [0.15, 0.2) is 24.3 Å². The van der Waals surface area contributed by atoms with Gasteiger partial charge in [0.2, 0.25) is 0 Å². The molecule has 1 aromatic carbocycles. The van der Waals surface area contributed by atoms with Crippen molar-refractivity contribution in [3.05, 3.63) is 35.4 Å². The van der Waals surface area contributed by atoms with Gasteiger partial charge in [-0.1, -0.05) is 31.9 Å². The Morgan fingerprint density at radius 1 is 1.20 bits per heavy atom. The number of hydrogen-bond donors (Lipinski definition) is 2. The summed E-state index contributed by atoms with van der Waals surface area (Å²) in [4.78, 5) is 12.2. The lowest BCUT2D eigenvalue weighted by Gasteiger charge is -2.16. The second-order valence-corrected chi connectivity index (χ2v) is 5.68. The molecule has 1 amide bonds. The Morgan fingerprint density at radius 3 is 2.55 bits per heavy atom. The maximum atomic E-state index is 12.2. The van der Waals surface area contributed by atoms with Gasteiger partial charge in [-0.25, -0.2) is 0 Å². The maximum absolute atomic E-state index is 12.2. The Bertz CT molecular complexity index is 419. The van der Waals surface area contributed by atoms with E-state index in [1.54, 1.807) is 0 Å². The minimum Gasteiger partial charge on any atom is -0.349 e. The first-order chi connectivity index (χ1) is 9.19. The van der Waals surface area contributed by atoms with Gasteiger partial charge >= 0.3 is 0 Å². The summed E-state index contributed by atoms with van der Waals surface area (Å²) in [6.45, 7) is 2.82. The Kier molecular flexibility index (Phi) is 7.03. The molecule has 112 valence electrons. The Balaban J connectivity index is 0.00000200. The van der Waals surface area contributed by atoms with Crippen LogP contribution >= 0.6 is 12.4 Å². The molecule has 1 aromatic rings. The lowest BCUT2D eigenvalue weighted by atomic mass is 10.0. The number of rotatable bonds is 3. The van der Waals surface area contributed by atoms with Crippen molar-refractivity contribution < 1.29 is 4.79 Å². The number of benzene rings is 1. The second kappa shape index (κ2) is 8.28. The lowest BCUT2D eigenvalue weighted by molar-refractivity contribution is 0.0933. The predicted molar refractivity (Wildman–Crippen MR) is 85.1 cm³/mol. The molecule has 3 N–H and O–H groups in total. The second-order valence-electron chi connectivity index (χ2n) is 5.68. The molecule has 1 aliphatic carbocycles. The highest BCUT2D eigenvalue weighted by atomic mass is 35.5. The SMILES string of the molecule is CC1CCCC(NC(=O)c2ccc(CN)cc2)CC1.Cl. The van der Waals surface area contributed by atoms with Gasteiger partial charge in [-0.15, -0.1) is 12.4 Å². The number of carbonyl (C=O) groups is 1. The van der Waals surface area contributed by atoms with Gasteiger partial charge in [-0.05, 0) is 42.9 Å². The first-order valence-electron chi connectivity index (χ1n) is 7.29. The Morgan fingerprint density at radius 2 is 1.90 bits per heavy atom. The minimum atomic E-state index is 0. The van der Waals surface area contributed by atoms with E-state index in [2.05, 4.69) is 12.2 Å². The van der Waals surface area contributed by atoms with Gasteiger partial charge in [-0.3, -0.25) is 4.79 Å². The molecule has 2 atom stereocenters. The monoisotopic (exact) mass is 296 g/mol. The van der Waals surface area contributed by atoms with E-state index in [0.29, 0.717) is 12.6 Å². The molecule has 0 saturated heterocycles. The van der Waals surface area contributed by atoms with Crippen molar-refractivity contribution in [1.82, 2.24) is 5.32 Å². The Labute approximate surface area is 127 Å². The number of carbonyl (C=O) groups excluding carboxylic acids is 1. The standard InChI is InChI=1S/C16H24N2O.ClH/c1-12-3-2-4-15(10-5-12)18-16(19)14-8-6-13(11-17)7-9-14;/h6-9,12,15H,2-5,10-11,17H2,1H3,(H,18,19);1H. The van der Waals surface area contributed by atoms with Crippen LogP contribution in [0.1, 0.15) is 54.9 Å². The van der Waals surface area contributed by atoms with Crippen molar-refractivity contribution >= 4 is 18.3 Å². The summed E-state index contributed by atoms with van der Waals surface area (Å²) in [5.41, 5.74) is 7.34. The van der Waals surface area contributed by atoms with Gasteiger partial charge in [0.1, 0.15) is 0 Å². The molecule has 20 heavy (non-hydrogen) atoms. The highest BCUT2D eigenvalue weighted by Crippen LogP contribution is 2.22. The zero-order valence-corrected chi connectivity index (χ0v) is 12.9. The van der Waals surface area contributed by atoms with Crippen molar-refractivity contribution in [2.45, 2.75) is 51.6 Å². The number of nitrogens with two attached hydrogens (primary N) is 1. The van der Waals surface area contributed by atoms with Crippen LogP contribution in [-0.4, -0.2) is 11.9 Å². The normalized spacial score (nSPS) is 22.5. The predicted octanol–water partition coefficient (Wildman–Crippen LogP) is 3.27. The highest BCUT2D eigenvalue weighted by Gasteiger charge is 2.18. The van der Waals surface area contributed by atoms with Crippen LogP contribution < -0.4 is 11.1 Å². The quantitative estimate of drug-likeness (QED) is 0.841. The maximum Gasteiger partial charge on any atom is 0.251 e. The van der Waals surface area contributed by atoms with E-state index >= 15 is 0 Å². The third-order valence-corrected chi connectivity index (χ3v) is 4.04. The third-order valence-electron chi connectivity index (χ3n) is 4.04. The summed E-state index contributed by atoms with van der Waals surface area (Å²) in [5.74, 6) is 0.842. The molecule has 4 heteroatoms. The molecule has 1 fully saturated rings. The highest BCUT2D eigenvalue weighted by molar-refractivity contribution is 5.94. The molecule has 1 saturated carbocycles. The summed E-state index contributed by atoms with van der Waals surface area (Å²) in [5, 5.41) is 3.16. The molecule has 0 aliphatic heterocycles. The third kappa shape index (κ3) is 4.80. The average Bonchev–Trinajstić information content (AvgIpc) is 2.64. The molecule has 2 unspecified atom stereocenters. The fourth-order valence-corrected chi connectivity index (χ4v) is 2.69. The summed E-state index contributed by atoms with van der Waals surface area (Å²) in [7, 11) is 0. The zero-order valence-electron chi connectivity index (χ0n) is 12.1. The van der Waals surface area contributed by atoms with E-state index < -0.39 is 0 Å². The van der Waals surface area contributed by atoms with Crippen molar-refractivity contribution in [2.24, 2.45) is 11.7 Å². The van der Waals surface area contributed by atoms with Crippen LogP contribution in [0.2, 0.25) is 0 Å². The Hall–Kier alpha value is -1.06. The zero-order chi connectivity index (χ0) is 13.7. The van der Waals surface area contributed by atoms with E-state index in [4.69, 9.17) is 5.73 Å². The lowest BCUT2D eigenvalue weighted by Crippen LogP contribution is -2.34. The van der Waals surface area contributed by atoms with Crippen LogP contribution in [0.25, 0.3) is 0 Å². The van der Waals surface area contributed by atoms with E-state index in [1.807, 2.05) is 24.3 Å². The minimum absolute atomic E-state index is 0.